The molecule has 0 unspecified atom stereocenters. The van der Waals surface area contributed by atoms with Crippen LogP contribution in [-0.2, 0) is 5.41 Å². The maximum Gasteiger partial charge on any atom is 0.292 e. The summed E-state index contributed by atoms with van der Waals surface area (Å²) in [6, 6.07) is 21.2. The fraction of sp³-hybridized carbons (Fsp3) is 0.0870. The molecule has 0 amide bonds. The highest BCUT2D eigenvalue weighted by Gasteiger charge is 2.39. The Hall–Kier alpha value is -4.47. The first-order chi connectivity index (χ1) is 14.2. The van der Waals surface area contributed by atoms with Crippen LogP contribution in [0.4, 0.5) is 0 Å². The number of hydrogen-bond donors (Lipinski definition) is 0. The molecule has 0 heterocycles. The van der Waals surface area contributed by atoms with E-state index in [0.29, 0.717) is 33.9 Å². The van der Waals surface area contributed by atoms with Crippen molar-refractivity contribution in [1.82, 2.24) is 0 Å². The van der Waals surface area contributed by atoms with E-state index in [0.717, 1.165) is 0 Å². The van der Waals surface area contributed by atoms with Gasteiger partial charge in [0.05, 0.1) is 5.41 Å². The Morgan fingerprint density at radius 1 is 0.552 bits per heavy atom. The van der Waals surface area contributed by atoms with E-state index < -0.39 is 5.41 Å². The summed E-state index contributed by atoms with van der Waals surface area (Å²) in [6.45, 7) is 1.89. The molecule has 0 bridgehead atoms. The largest absolute Gasteiger partial charge is 0.388 e. The molecule has 0 spiro atoms. The quantitative estimate of drug-likeness (QED) is 0.456. The minimum atomic E-state index is -0.978. The van der Waals surface area contributed by atoms with Gasteiger partial charge in [0.1, 0.15) is 17.2 Å². The molecule has 0 fully saturated rings. The van der Waals surface area contributed by atoms with Crippen LogP contribution >= 0.6 is 0 Å². The zero-order valence-corrected chi connectivity index (χ0v) is 15.5. The molecule has 0 N–H and O–H groups in total. The fourth-order valence-electron chi connectivity index (χ4n) is 3.49. The standard InChI is InChI=1S/C23H15N3O3/c1-23(17-8-2-5-11-20(17)27-14-24,18-9-3-6-12-21(18)28-15-25)19-10-4-7-13-22(19)29-16-26/h2-13H,1H3. The van der Waals surface area contributed by atoms with Crippen molar-refractivity contribution in [2.75, 3.05) is 0 Å². The minimum absolute atomic E-state index is 0.344. The van der Waals surface area contributed by atoms with Crippen LogP contribution in [0.15, 0.2) is 72.8 Å². The van der Waals surface area contributed by atoms with Crippen molar-refractivity contribution in [1.29, 1.82) is 15.8 Å². The van der Waals surface area contributed by atoms with E-state index in [4.69, 9.17) is 30.0 Å². The lowest BCUT2D eigenvalue weighted by molar-refractivity contribution is 0.458. The molecule has 0 saturated heterocycles. The highest BCUT2D eigenvalue weighted by molar-refractivity contribution is 5.61. The number of hydrogen-bond acceptors (Lipinski definition) is 6. The summed E-state index contributed by atoms with van der Waals surface area (Å²) in [5.41, 5.74) is 0.951. The van der Waals surface area contributed by atoms with Gasteiger partial charge in [-0.2, -0.15) is 0 Å². The van der Waals surface area contributed by atoms with Gasteiger partial charge in [0.2, 0.25) is 0 Å². The van der Waals surface area contributed by atoms with Crippen molar-refractivity contribution in [3.05, 3.63) is 89.5 Å². The Labute approximate surface area is 168 Å². The number of benzene rings is 3. The Kier molecular flexibility index (Phi) is 5.64. The van der Waals surface area contributed by atoms with Crippen LogP contribution in [0, 0.1) is 34.6 Å². The third-order valence-electron chi connectivity index (χ3n) is 4.74. The maximum atomic E-state index is 9.12. The molecule has 0 saturated carbocycles. The monoisotopic (exact) mass is 381 g/mol. The lowest BCUT2D eigenvalue weighted by Crippen LogP contribution is -2.27. The second kappa shape index (κ2) is 8.48. The number of para-hydroxylation sites is 3. The Morgan fingerprint density at radius 2 is 0.828 bits per heavy atom. The molecule has 0 aliphatic rings. The summed E-state index contributed by atoms with van der Waals surface area (Å²) >= 11 is 0. The Morgan fingerprint density at radius 3 is 1.10 bits per heavy atom. The van der Waals surface area contributed by atoms with Gasteiger partial charge in [-0.3, -0.25) is 0 Å². The van der Waals surface area contributed by atoms with Crippen LogP contribution in [-0.4, -0.2) is 0 Å². The van der Waals surface area contributed by atoms with E-state index in [1.165, 1.54) is 0 Å². The van der Waals surface area contributed by atoms with Crippen LogP contribution in [0.25, 0.3) is 0 Å². The average molecular weight is 381 g/mol. The second-order valence-electron chi connectivity index (χ2n) is 6.19. The molecular weight excluding hydrogens is 366 g/mol. The summed E-state index contributed by atoms with van der Waals surface area (Å²) in [5, 5.41) is 27.4. The molecule has 29 heavy (non-hydrogen) atoms. The van der Waals surface area contributed by atoms with Crippen LogP contribution in [0.2, 0.25) is 0 Å². The van der Waals surface area contributed by atoms with Gasteiger partial charge in [0.25, 0.3) is 18.8 Å². The molecule has 0 radical (unpaired) electrons. The smallest absolute Gasteiger partial charge is 0.292 e. The lowest BCUT2D eigenvalue weighted by atomic mass is 9.70. The highest BCUT2D eigenvalue weighted by atomic mass is 16.5. The molecule has 0 atom stereocenters. The zero-order valence-electron chi connectivity index (χ0n) is 15.5. The van der Waals surface area contributed by atoms with Gasteiger partial charge in [0.15, 0.2) is 0 Å². The van der Waals surface area contributed by atoms with Crippen LogP contribution in [0.5, 0.6) is 17.2 Å². The van der Waals surface area contributed by atoms with E-state index in [-0.39, 0.29) is 0 Å². The van der Waals surface area contributed by atoms with Gasteiger partial charge in [-0.05, 0) is 25.1 Å². The molecule has 0 aliphatic heterocycles. The maximum absolute atomic E-state index is 9.12. The van der Waals surface area contributed by atoms with Gasteiger partial charge in [0, 0.05) is 16.7 Å². The van der Waals surface area contributed by atoms with Crippen molar-refractivity contribution in [3.63, 3.8) is 0 Å². The minimum Gasteiger partial charge on any atom is -0.388 e. The first kappa shape index (κ1) is 19.3. The van der Waals surface area contributed by atoms with Gasteiger partial charge in [-0.1, -0.05) is 54.6 Å². The SMILES string of the molecule is CC(c1ccccc1OC#N)(c1ccccc1OC#N)c1ccccc1OC#N. The highest BCUT2D eigenvalue weighted by Crippen LogP contribution is 2.48. The lowest BCUT2D eigenvalue weighted by Gasteiger charge is -2.34. The third-order valence-corrected chi connectivity index (χ3v) is 4.74. The number of ether oxygens (including phenoxy) is 3. The summed E-state index contributed by atoms with van der Waals surface area (Å²) in [6.07, 6.45) is 5.14. The Bertz CT molecular complexity index is 1010. The third kappa shape index (κ3) is 3.54. The topological polar surface area (TPSA) is 99.1 Å². The van der Waals surface area contributed by atoms with E-state index >= 15 is 0 Å². The van der Waals surface area contributed by atoms with Gasteiger partial charge >= 0.3 is 0 Å². The first-order valence-electron chi connectivity index (χ1n) is 8.63. The van der Waals surface area contributed by atoms with Crippen molar-refractivity contribution in [2.24, 2.45) is 0 Å². The summed E-state index contributed by atoms with van der Waals surface area (Å²) in [4.78, 5) is 0. The molecule has 6 nitrogen and oxygen atoms in total. The molecule has 3 rings (SSSR count). The molecule has 0 aliphatic carbocycles. The van der Waals surface area contributed by atoms with Crippen molar-refractivity contribution in [3.8, 4) is 36.0 Å². The van der Waals surface area contributed by atoms with Gasteiger partial charge in [-0.15, -0.1) is 15.8 Å². The average Bonchev–Trinajstić information content (AvgIpc) is 2.75. The van der Waals surface area contributed by atoms with E-state index in [1.807, 2.05) is 43.3 Å². The van der Waals surface area contributed by atoms with Crippen molar-refractivity contribution >= 4 is 0 Å². The van der Waals surface area contributed by atoms with Crippen molar-refractivity contribution < 1.29 is 14.2 Å². The van der Waals surface area contributed by atoms with Gasteiger partial charge < -0.3 is 14.2 Å². The summed E-state index contributed by atoms with van der Waals surface area (Å²) in [5.74, 6) is 1.03. The second-order valence-corrected chi connectivity index (χ2v) is 6.19. The van der Waals surface area contributed by atoms with Crippen LogP contribution in [0.3, 0.4) is 0 Å². The Balaban J connectivity index is 2.41. The summed E-state index contributed by atoms with van der Waals surface area (Å²) in [7, 11) is 0. The molecule has 140 valence electrons. The van der Waals surface area contributed by atoms with E-state index in [1.54, 1.807) is 55.2 Å². The van der Waals surface area contributed by atoms with Crippen LogP contribution < -0.4 is 14.2 Å². The molecule has 3 aromatic rings. The normalized spacial score (nSPS) is 10.1. The zero-order chi connectivity index (χ0) is 20.7. The fourth-order valence-corrected chi connectivity index (χ4v) is 3.49. The van der Waals surface area contributed by atoms with E-state index in [9.17, 15) is 0 Å². The predicted molar refractivity (Wildman–Crippen MR) is 104 cm³/mol. The number of nitriles is 3. The molecule has 3 aromatic carbocycles. The molecular formula is C23H15N3O3. The predicted octanol–water partition coefficient (Wildman–Crippen LogP) is 4.62. The summed E-state index contributed by atoms with van der Waals surface area (Å²) < 4.78 is 15.7. The molecule has 6 heteroatoms. The number of nitrogens with zero attached hydrogens (tertiary/aromatic N) is 3. The number of rotatable bonds is 6. The van der Waals surface area contributed by atoms with E-state index in [2.05, 4.69) is 0 Å². The van der Waals surface area contributed by atoms with Crippen LogP contribution in [0.1, 0.15) is 23.6 Å². The van der Waals surface area contributed by atoms with Crippen molar-refractivity contribution in [2.45, 2.75) is 12.3 Å². The first-order valence-corrected chi connectivity index (χ1v) is 8.63. The molecule has 0 aromatic heterocycles. The van der Waals surface area contributed by atoms with Gasteiger partial charge in [-0.25, -0.2) is 0 Å².